The van der Waals surface area contributed by atoms with Crippen LogP contribution >= 0.6 is 0 Å². The van der Waals surface area contributed by atoms with E-state index in [4.69, 9.17) is 0 Å². The van der Waals surface area contributed by atoms with E-state index >= 15 is 0 Å². The molecule has 4 nitrogen and oxygen atoms in total. The van der Waals surface area contributed by atoms with Gasteiger partial charge >= 0.3 is 0 Å². The molecule has 3 unspecified atom stereocenters. The molecule has 0 amide bonds. The molecule has 0 saturated heterocycles. The number of hydrogen-bond acceptors (Lipinski definition) is 3. The van der Waals surface area contributed by atoms with E-state index in [1.807, 2.05) is 6.92 Å². The Bertz CT molecular complexity index is 467. The van der Waals surface area contributed by atoms with Gasteiger partial charge in [-0.25, -0.2) is 4.68 Å². The molecule has 1 N–H and O–H groups in total. The van der Waals surface area contributed by atoms with Crippen LogP contribution in [0.25, 0.3) is 0 Å². The molecule has 0 aliphatic heterocycles. The Labute approximate surface area is 108 Å². The van der Waals surface area contributed by atoms with Gasteiger partial charge in [0, 0.05) is 6.07 Å². The summed E-state index contributed by atoms with van der Waals surface area (Å²) in [4.78, 5) is 12.0. The Hall–Kier alpha value is -1.16. The standard InChI is InChI=1S/C14H22N2O2/c1-9(2)12-6-5-11(17)8-13(12)16-14(18)7-4-10(3)15-16/h4,7,9,11-13,17H,5-6,8H2,1-3H3. The first-order valence-electron chi connectivity index (χ1n) is 6.73. The van der Waals surface area contributed by atoms with Crippen molar-refractivity contribution in [2.75, 3.05) is 0 Å². The summed E-state index contributed by atoms with van der Waals surface area (Å²) in [5.74, 6) is 0.914. The minimum absolute atomic E-state index is 0.0288. The summed E-state index contributed by atoms with van der Waals surface area (Å²) in [5, 5.41) is 14.2. The zero-order chi connectivity index (χ0) is 13.3. The minimum Gasteiger partial charge on any atom is -0.393 e. The lowest BCUT2D eigenvalue weighted by Crippen LogP contribution is -2.39. The van der Waals surface area contributed by atoms with Gasteiger partial charge in [0.15, 0.2) is 0 Å². The van der Waals surface area contributed by atoms with Gasteiger partial charge in [-0.2, -0.15) is 5.10 Å². The fraction of sp³-hybridized carbons (Fsp3) is 0.714. The first-order chi connectivity index (χ1) is 8.49. The molecular weight excluding hydrogens is 228 g/mol. The van der Waals surface area contributed by atoms with Crippen molar-refractivity contribution >= 4 is 0 Å². The van der Waals surface area contributed by atoms with E-state index in [0.717, 1.165) is 18.5 Å². The van der Waals surface area contributed by atoms with Gasteiger partial charge < -0.3 is 5.11 Å². The SMILES string of the molecule is Cc1ccc(=O)n(C2CC(O)CCC2C(C)C)n1. The molecule has 1 aliphatic rings. The zero-order valence-corrected chi connectivity index (χ0v) is 11.3. The Balaban J connectivity index is 2.38. The van der Waals surface area contributed by atoms with E-state index in [-0.39, 0.29) is 17.7 Å². The number of nitrogens with zero attached hydrogens (tertiary/aromatic N) is 2. The van der Waals surface area contributed by atoms with E-state index in [1.54, 1.807) is 16.8 Å². The van der Waals surface area contributed by atoms with Gasteiger partial charge in [-0.05, 0) is 44.1 Å². The van der Waals surface area contributed by atoms with E-state index in [1.165, 1.54) is 0 Å². The summed E-state index contributed by atoms with van der Waals surface area (Å²) >= 11 is 0. The third kappa shape index (κ3) is 2.64. The Morgan fingerprint density at radius 3 is 2.78 bits per heavy atom. The molecule has 2 rings (SSSR count). The highest BCUT2D eigenvalue weighted by molar-refractivity contribution is 4.99. The topological polar surface area (TPSA) is 55.1 Å². The predicted molar refractivity (Wildman–Crippen MR) is 70.5 cm³/mol. The number of hydrogen-bond donors (Lipinski definition) is 1. The molecule has 0 radical (unpaired) electrons. The van der Waals surface area contributed by atoms with Gasteiger partial charge in [-0.15, -0.1) is 0 Å². The normalized spacial score (nSPS) is 28.6. The van der Waals surface area contributed by atoms with Gasteiger partial charge in [0.25, 0.3) is 5.56 Å². The van der Waals surface area contributed by atoms with Crippen molar-refractivity contribution in [1.29, 1.82) is 0 Å². The van der Waals surface area contributed by atoms with Gasteiger partial charge in [0.1, 0.15) is 0 Å². The largest absolute Gasteiger partial charge is 0.393 e. The van der Waals surface area contributed by atoms with Crippen LogP contribution in [-0.2, 0) is 0 Å². The highest BCUT2D eigenvalue weighted by Gasteiger charge is 2.33. The third-order valence-corrected chi connectivity index (χ3v) is 3.97. The van der Waals surface area contributed by atoms with Crippen LogP contribution < -0.4 is 5.56 Å². The zero-order valence-electron chi connectivity index (χ0n) is 11.3. The molecule has 3 atom stereocenters. The van der Waals surface area contributed by atoms with Crippen LogP contribution in [0.3, 0.4) is 0 Å². The minimum atomic E-state index is -0.306. The van der Waals surface area contributed by atoms with Crippen LogP contribution in [0, 0.1) is 18.8 Å². The van der Waals surface area contributed by atoms with E-state index < -0.39 is 0 Å². The van der Waals surface area contributed by atoms with E-state index in [0.29, 0.717) is 18.3 Å². The van der Waals surface area contributed by atoms with Crippen molar-refractivity contribution < 1.29 is 5.11 Å². The maximum absolute atomic E-state index is 12.0. The predicted octanol–water partition coefficient (Wildman–Crippen LogP) is 1.91. The molecule has 0 spiro atoms. The molecule has 1 aromatic rings. The maximum atomic E-state index is 12.0. The average molecular weight is 250 g/mol. The Morgan fingerprint density at radius 1 is 1.39 bits per heavy atom. The monoisotopic (exact) mass is 250 g/mol. The fourth-order valence-electron chi connectivity index (χ4n) is 2.97. The van der Waals surface area contributed by atoms with Gasteiger partial charge in [-0.1, -0.05) is 13.8 Å². The lowest BCUT2D eigenvalue weighted by molar-refractivity contribution is 0.0500. The van der Waals surface area contributed by atoms with Gasteiger partial charge in [-0.3, -0.25) is 4.79 Å². The maximum Gasteiger partial charge on any atom is 0.267 e. The summed E-state index contributed by atoms with van der Waals surface area (Å²) in [6.07, 6.45) is 2.13. The van der Waals surface area contributed by atoms with Crippen molar-refractivity contribution in [2.45, 2.75) is 52.2 Å². The summed E-state index contributed by atoms with van der Waals surface area (Å²) in [7, 11) is 0. The van der Waals surface area contributed by atoms with E-state index in [9.17, 15) is 9.90 Å². The molecule has 4 heteroatoms. The van der Waals surface area contributed by atoms with Crippen molar-refractivity contribution in [2.24, 2.45) is 11.8 Å². The van der Waals surface area contributed by atoms with Crippen LogP contribution in [0.1, 0.15) is 44.8 Å². The Morgan fingerprint density at radius 2 is 2.11 bits per heavy atom. The number of aromatic nitrogens is 2. The number of aliphatic hydroxyl groups excluding tert-OH is 1. The van der Waals surface area contributed by atoms with Crippen molar-refractivity contribution in [1.82, 2.24) is 9.78 Å². The smallest absolute Gasteiger partial charge is 0.267 e. The molecule has 1 aromatic heterocycles. The molecule has 100 valence electrons. The lowest BCUT2D eigenvalue weighted by Gasteiger charge is -2.36. The second-order valence-corrected chi connectivity index (χ2v) is 5.70. The number of rotatable bonds is 2. The van der Waals surface area contributed by atoms with E-state index in [2.05, 4.69) is 18.9 Å². The molecule has 0 bridgehead atoms. The van der Waals surface area contributed by atoms with Crippen LogP contribution in [0.2, 0.25) is 0 Å². The second kappa shape index (κ2) is 5.22. The Kier molecular flexibility index (Phi) is 3.85. The molecule has 1 heterocycles. The second-order valence-electron chi connectivity index (χ2n) is 5.70. The summed E-state index contributed by atoms with van der Waals surface area (Å²) in [6, 6.07) is 3.34. The van der Waals surface area contributed by atoms with Crippen molar-refractivity contribution in [3.8, 4) is 0 Å². The van der Waals surface area contributed by atoms with Crippen molar-refractivity contribution in [3.63, 3.8) is 0 Å². The van der Waals surface area contributed by atoms with Crippen LogP contribution in [0.4, 0.5) is 0 Å². The first kappa shape index (κ1) is 13.3. The molecule has 1 saturated carbocycles. The lowest BCUT2D eigenvalue weighted by atomic mass is 9.77. The van der Waals surface area contributed by atoms with Gasteiger partial charge in [0.05, 0.1) is 17.8 Å². The summed E-state index contributed by atoms with van der Waals surface area (Å²) < 4.78 is 1.59. The van der Waals surface area contributed by atoms with Gasteiger partial charge in [0.2, 0.25) is 0 Å². The molecule has 1 aliphatic carbocycles. The van der Waals surface area contributed by atoms with Crippen LogP contribution in [0.15, 0.2) is 16.9 Å². The fourth-order valence-corrected chi connectivity index (χ4v) is 2.97. The van der Waals surface area contributed by atoms with Crippen molar-refractivity contribution in [3.05, 3.63) is 28.2 Å². The number of aliphatic hydroxyl groups is 1. The number of aryl methyl sites for hydroxylation is 1. The van der Waals surface area contributed by atoms with Crippen LogP contribution in [-0.4, -0.2) is 21.0 Å². The third-order valence-electron chi connectivity index (χ3n) is 3.97. The molecular formula is C14H22N2O2. The summed E-state index contributed by atoms with van der Waals surface area (Å²) in [5.41, 5.74) is 0.780. The first-order valence-corrected chi connectivity index (χ1v) is 6.73. The highest BCUT2D eigenvalue weighted by Crippen LogP contribution is 2.37. The average Bonchev–Trinajstić information content (AvgIpc) is 2.31. The molecule has 1 fully saturated rings. The van der Waals surface area contributed by atoms with Crippen LogP contribution in [0.5, 0.6) is 0 Å². The summed E-state index contributed by atoms with van der Waals surface area (Å²) in [6.45, 7) is 6.24. The molecule has 0 aromatic carbocycles. The highest BCUT2D eigenvalue weighted by atomic mass is 16.3. The molecule has 18 heavy (non-hydrogen) atoms. The quantitative estimate of drug-likeness (QED) is 0.872.